The molecule has 2 atom stereocenters. The van der Waals surface area contributed by atoms with Crippen LogP contribution in [0.4, 0.5) is 0 Å². The van der Waals surface area contributed by atoms with Gasteiger partial charge in [-0.2, -0.15) is 5.26 Å². The van der Waals surface area contributed by atoms with Crippen molar-refractivity contribution in [2.45, 2.75) is 31.6 Å². The van der Waals surface area contributed by atoms with Crippen molar-refractivity contribution < 1.29 is 14.6 Å². The molecule has 1 aliphatic rings. The smallest absolute Gasteiger partial charge is 0.332 e. The molecule has 0 amide bonds. The summed E-state index contributed by atoms with van der Waals surface area (Å²) in [7, 11) is 0. The van der Waals surface area contributed by atoms with Crippen LogP contribution in [0.25, 0.3) is 0 Å². The molecule has 0 radical (unpaired) electrons. The van der Waals surface area contributed by atoms with Crippen LogP contribution in [-0.4, -0.2) is 38.0 Å². The first-order chi connectivity index (χ1) is 7.69. The Morgan fingerprint density at radius 2 is 2.56 bits per heavy atom. The number of rotatable bonds is 3. The lowest BCUT2D eigenvalue weighted by atomic mass is 10.2. The van der Waals surface area contributed by atoms with Crippen LogP contribution in [0.5, 0.6) is 0 Å². The Kier molecular flexibility index (Phi) is 2.83. The van der Waals surface area contributed by atoms with Crippen molar-refractivity contribution in [3.05, 3.63) is 12.2 Å². The molecule has 1 N–H and O–H groups in total. The van der Waals surface area contributed by atoms with E-state index in [2.05, 4.69) is 10.1 Å². The van der Waals surface area contributed by atoms with Gasteiger partial charge < -0.3 is 9.84 Å². The summed E-state index contributed by atoms with van der Waals surface area (Å²) in [6.07, 6.45) is 1.74. The van der Waals surface area contributed by atoms with Gasteiger partial charge in [0.05, 0.1) is 12.6 Å². The fourth-order valence-corrected chi connectivity index (χ4v) is 1.66. The molecule has 1 saturated heterocycles. The van der Waals surface area contributed by atoms with Gasteiger partial charge in [0.2, 0.25) is 0 Å². The predicted octanol–water partition coefficient (Wildman–Crippen LogP) is -0.218. The van der Waals surface area contributed by atoms with Crippen molar-refractivity contribution >= 4 is 5.97 Å². The van der Waals surface area contributed by atoms with Gasteiger partial charge in [-0.05, 0) is 12.8 Å². The van der Waals surface area contributed by atoms with E-state index in [4.69, 9.17) is 15.1 Å². The van der Waals surface area contributed by atoms with Gasteiger partial charge in [0, 0.05) is 0 Å². The van der Waals surface area contributed by atoms with E-state index in [1.165, 1.54) is 11.0 Å². The van der Waals surface area contributed by atoms with Gasteiger partial charge in [-0.3, -0.25) is 0 Å². The number of hydrogen-bond acceptors (Lipinski definition) is 5. The number of aromatic nitrogens is 3. The fraction of sp³-hybridized carbons (Fsp3) is 0.556. The molecule has 0 aliphatic carbocycles. The molecule has 0 saturated carbocycles. The first-order valence-electron chi connectivity index (χ1n) is 4.87. The second kappa shape index (κ2) is 4.28. The third-order valence-electron chi connectivity index (χ3n) is 2.41. The summed E-state index contributed by atoms with van der Waals surface area (Å²) in [5, 5.41) is 21.1. The summed E-state index contributed by atoms with van der Waals surface area (Å²) in [4.78, 5) is 14.4. The highest BCUT2D eigenvalue weighted by atomic mass is 16.5. The molecule has 0 bridgehead atoms. The number of carboxylic acid groups (broad SMARTS) is 1. The predicted molar refractivity (Wildman–Crippen MR) is 50.3 cm³/mol. The molecular weight excluding hydrogens is 212 g/mol. The Morgan fingerprint density at radius 1 is 1.75 bits per heavy atom. The number of carbonyl (C=O) groups is 1. The number of nitrogens with zero attached hydrogens (tertiary/aromatic N) is 4. The zero-order valence-corrected chi connectivity index (χ0v) is 8.41. The van der Waals surface area contributed by atoms with E-state index in [0.29, 0.717) is 19.4 Å². The number of ether oxygens (including phenoxy) is 1. The standard InChI is InChI=1S/C9H10N4O3/c10-3-8-11-5-13(12-8)4-6-1-2-7(16-6)9(14)15/h5-7H,1-2,4H2,(H,14,15). The van der Waals surface area contributed by atoms with Crippen molar-refractivity contribution in [3.63, 3.8) is 0 Å². The van der Waals surface area contributed by atoms with Crippen LogP contribution in [-0.2, 0) is 16.1 Å². The fourth-order valence-electron chi connectivity index (χ4n) is 1.66. The van der Waals surface area contributed by atoms with Gasteiger partial charge in [-0.1, -0.05) is 0 Å². The number of carboxylic acids is 1. The SMILES string of the molecule is N#Cc1ncn(CC2CCC(C(=O)O)O2)n1. The van der Waals surface area contributed by atoms with Crippen LogP contribution in [0.3, 0.4) is 0 Å². The molecule has 7 nitrogen and oxygen atoms in total. The molecular formula is C9H10N4O3. The van der Waals surface area contributed by atoms with Gasteiger partial charge in [-0.25, -0.2) is 14.5 Å². The first-order valence-corrected chi connectivity index (χ1v) is 4.87. The summed E-state index contributed by atoms with van der Waals surface area (Å²) in [5.74, 6) is -0.827. The van der Waals surface area contributed by atoms with E-state index < -0.39 is 12.1 Å². The topological polar surface area (TPSA) is 101 Å². The minimum absolute atomic E-state index is 0.104. The molecule has 0 aromatic carbocycles. The van der Waals surface area contributed by atoms with Crippen LogP contribution >= 0.6 is 0 Å². The van der Waals surface area contributed by atoms with E-state index in [1.54, 1.807) is 0 Å². The van der Waals surface area contributed by atoms with Crippen molar-refractivity contribution in [1.29, 1.82) is 5.26 Å². The highest BCUT2D eigenvalue weighted by Gasteiger charge is 2.30. The maximum atomic E-state index is 10.6. The second-order valence-corrected chi connectivity index (χ2v) is 3.56. The van der Waals surface area contributed by atoms with Gasteiger partial charge in [0.1, 0.15) is 12.4 Å². The van der Waals surface area contributed by atoms with E-state index in [9.17, 15) is 4.79 Å². The highest BCUT2D eigenvalue weighted by molar-refractivity contribution is 5.72. The number of nitriles is 1. The van der Waals surface area contributed by atoms with Crippen LogP contribution in [0.1, 0.15) is 18.7 Å². The van der Waals surface area contributed by atoms with Crippen molar-refractivity contribution in [2.24, 2.45) is 0 Å². The Labute approximate surface area is 91.3 Å². The molecule has 2 unspecified atom stereocenters. The van der Waals surface area contributed by atoms with Crippen molar-refractivity contribution in [3.8, 4) is 6.07 Å². The molecule has 1 aliphatic heterocycles. The maximum absolute atomic E-state index is 10.6. The van der Waals surface area contributed by atoms with Gasteiger partial charge in [0.25, 0.3) is 5.82 Å². The third kappa shape index (κ3) is 2.17. The van der Waals surface area contributed by atoms with Crippen LogP contribution < -0.4 is 0 Å². The Bertz CT molecular complexity index is 436. The number of hydrogen-bond donors (Lipinski definition) is 1. The molecule has 0 spiro atoms. The second-order valence-electron chi connectivity index (χ2n) is 3.56. The van der Waals surface area contributed by atoms with E-state index in [0.717, 1.165) is 0 Å². The lowest BCUT2D eigenvalue weighted by molar-refractivity contribution is -0.149. The lowest BCUT2D eigenvalue weighted by Gasteiger charge is -2.10. The molecule has 1 aromatic heterocycles. The summed E-state index contributed by atoms with van der Waals surface area (Å²) < 4.78 is 6.79. The minimum atomic E-state index is -0.932. The van der Waals surface area contributed by atoms with Gasteiger partial charge in [0.15, 0.2) is 6.10 Å². The summed E-state index contributed by atoms with van der Waals surface area (Å²) in [5.41, 5.74) is 0. The minimum Gasteiger partial charge on any atom is -0.479 e. The maximum Gasteiger partial charge on any atom is 0.332 e. The van der Waals surface area contributed by atoms with Crippen LogP contribution in [0.2, 0.25) is 0 Å². The summed E-state index contributed by atoms with van der Waals surface area (Å²) >= 11 is 0. The molecule has 16 heavy (non-hydrogen) atoms. The van der Waals surface area contributed by atoms with Gasteiger partial charge in [-0.15, -0.1) is 5.10 Å². The molecule has 84 valence electrons. The average Bonchev–Trinajstić information content (AvgIpc) is 2.87. The van der Waals surface area contributed by atoms with Crippen LogP contribution in [0.15, 0.2) is 6.33 Å². The van der Waals surface area contributed by atoms with E-state index >= 15 is 0 Å². The normalized spacial score (nSPS) is 24.2. The van der Waals surface area contributed by atoms with E-state index in [-0.39, 0.29) is 11.9 Å². The van der Waals surface area contributed by atoms with E-state index in [1.807, 2.05) is 6.07 Å². The molecule has 1 fully saturated rings. The molecule has 2 heterocycles. The largest absolute Gasteiger partial charge is 0.479 e. The zero-order valence-electron chi connectivity index (χ0n) is 8.41. The Hall–Kier alpha value is -1.94. The van der Waals surface area contributed by atoms with Gasteiger partial charge >= 0.3 is 5.97 Å². The summed E-state index contributed by atoms with van der Waals surface area (Å²) in [6.45, 7) is 0.429. The highest BCUT2D eigenvalue weighted by Crippen LogP contribution is 2.20. The molecule has 1 aromatic rings. The zero-order chi connectivity index (χ0) is 11.5. The third-order valence-corrected chi connectivity index (χ3v) is 2.41. The van der Waals surface area contributed by atoms with Crippen molar-refractivity contribution in [2.75, 3.05) is 0 Å². The number of aliphatic carboxylic acids is 1. The van der Waals surface area contributed by atoms with Crippen LogP contribution in [0, 0.1) is 11.3 Å². The lowest BCUT2D eigenvalue weighted by Crippen LogP contribution is -2.23. The van der Waals surface area contributed by atoms with Crippen molar-refractivity contribution in [1.82, 2.24) is 14.8 Å². The molecule has 2 rings (SSSR count). The monoisotopic (exact) mass is 222 g/mol. The summed E-state index contributed by atoms with van der Waals surface area (Å²) in [6, 6.07) is 1.82. The average molecular weight is 222 g/mol. The Morgan fingerprint density at radius 3 is 3.12 bits per heavy atom. The quantitative estimate of drug-likeness (QED) is 0.758. The first kappa shape index (κ1) is 10.6. The molecule has 7 heteroatoms. The Balaban J connectivity index is 1.92.